The summed E-state index contributed by atoms with van der Waals surface area (Å²) in [5.41, 5.74) is 5.08. The molecule has 2 aromatic carbocycles. The molecule has 3 rings (SSSR count). The molecular formula is C20H22N2. The predicted octanol–water partition coefficient (Wildman–Crippen LogP) is 4.56. The second-order valence-corrected chi connectivity index (χ2v) is 5.97. The third-order valence-corrected chi connectivity index (χ3v) is 4.60. The Hall–Kier alpha value is -2.35. The van der Waals surface area contributed by atoms with Crippen molar-refractivity contribution in [3.05, 3.63) is 77.5 Å². The van der Waals surface area contributed by atoms with Crippen LogP contribution in [0.4, 0.5) is 5.69 Å². The highest BCUT2D eigenvalue weighted by Gasteiger charge is 2.42. The fourth-order valence-corrected chi connectivity index (χ4v) is 3.62. The molecule has 2 aromatic rings. The minimum atomic E-state index is -0.0918. The van der Waals surface area contributed by atoms with Gasteiger partial charge in [0.25, 0.3) is 0 Å². The Balaban J connectivity index is 2.14. The van der Waals surface area contributed by atoms with Crippen molar-refractivity contribution in [1.82, 2.24) is 0 Å². The summed E-state index contributed by atoms with van der Waals surface area (Å²) in [6.07, 6.45) is 4.31. The zero-order valence-electron chi connectivity index (χ0n) is 13.2. The van der Waals surface area contributed by atoms with Crippen LogP contribution in [0.1, 0.15) is 25.0 Å². The smallest absolute Gasteiger partial charge is 0.0450 e. The van der Waals surface area contributed by atoms with E-state index >= 15 is 0 Å². The lowest BCUT2D eigenvalue weighted by molar-refractivity contribution is 0.564. The van der Waals surface area contributed by atoms with Crippen LogP contribution in [0.5, 0.6) is 0 Å². The van der Waals surface area contributed by atoms with Gasteiger partial charge in [0.05, 0.1) is 0 Å². The molecule has 2 nitrogen and oxygen atoms in total. The summed E-state index contributed by atoms with van der Waals surface area (Å²) < 4.78 is 0. The number of para-hydroxylation sites is 1. The molecule has 0 saturated heterocycles. The van der Waals surface area contributed by atoms with Crippen LogP contribution in [0.15, 0.2) is 66.4 Å². The lowest BCUT2D eigenvalue weighted by Gasteiger charge is -2.30. The Morgan fingerprint density at radius 1 is 1.05 bits per heavy atom. The van der Waals surface area contributed by atoms with E-state index in [1.807, 2.05) is 6.08 Å². The SMILES string of the molecule is CCN1/C(=C\C=N)C(C)(Cc2ccccc2)c2ccccc21. The first-order chi connectivity index (χ1) is 10.7. The van der Waals surface area contributed by atoms with E-state index in [-0.39, 0.29) is 5.41 Å². The van der Waals surface area contributed by atoms with Crippen molar-refractivity contribution in [3.63, 3.8) is 0 Å². The van der Waals surface area contributed by atoms with Gasteiger partial charge in [-0.1, -0.05) is 48.5 Å². The Bertz CT molecular complexity index is 703. The van der Waals surface area contributed by atoms with Gasteiger partial charge in [0.2, 0.25) is 0 Å². The Kier molecular flexibility index (Phi) is 3.84. The molecule has 1 N–H and O–H groups in total. The van der Waals surface area contributed by atoms with Crippen molar-refractivity contribution in [2.24, 2.45) is 0 Å². The minimum Gasteiger partial charge on any atom is -0.344 e. The summed E-state index contributed by atoms with van der Waals surface area (Å²) in [5.74, 6) is 0. The van der Waals surface area contributed by atoms with E-state index in [9.17, 15) is 0 Å². The zero-order chi connectivity index (χ0) is 15.6. The van der Waals surface area contributed by atoms with Gasteiger partial charge in [0.15, 0.2) is 0 Å². The maximum Gasteiger partial charge on any atom is 0.0450 e. The quantitative estimate of drug-likeness (QED) is 0.821. The average Bonchev–Trinajstić information content (AvgIpc) is 2.78. The molecule has 0 aromatic heterocycles. The number of nitrogens with zero attached hydrogens (tertiary/aromatic N) is 1. The molecule has 1 aliphatic rings. The van der Waals surface area contributed by atoms with Crippen molar-refractivity contribution in [2.45, 2.75) is 25.7 Å². The summed E-state index contributed by atoms with van der Waals surface area (Å²) in [6.45, 7) is 5.38. The minimum absolute atomic E-state index is 0.0918. The molecule has 1 aliphatic heterocycles. The van der Waals surface area contributed by atoms with E-state index in [1.165, 1.54) is 28.7 Å². The van der Waals surface area contributed by atoms with E-state index in [2.05, 4.69) is 73.3 Å². The zero-order valence-corrected chi connectivity index (χ0v) is 13.2. The van der Waals surface area contributed by atoms with Crippen LogP contribution in [0.25, 0.3) is 0 Å². The maximum absolute atomic E-state index is 7.57. The van der Waals surface area contributed by atoms with Gasteiger partial charge < -0.3 is 10.3 Å². The Morgan fingerprint density at radius 3 is 2.41 bits per heavy atom. The summed E-state index contributed by atoms with van der Waals surface area (Å²) in [6, 6.07) is 19.2. The fraction of sp³-hybridized carbons (Fsp3) is 0.250. The number of benzene rings is 2. The highest BCUT2D eigenvalue weighted by Crippen LogP contribution is 2.49. The Labute approximate surface area is 132 Å². The van der Waals surface area contributed by atoms with E-state index < -0.39 is 0 Å². The number of fused-ring (bicyclic) bond motifs is 1. The molecule has 0 fully saturated rings. The molecule has 1 atom stereocenters. The van der Waals surface area contributed by atoms with Crippen molar-refractivity contribution in [1.29, 1.82) is 5.41 Å². The normalized spacial score (nSPS) is 21.9. The molecular weight excluding hydrogens is 268 g/mol. The standard InChI is InChI=1S/C20H22N2/c1-3-22-18-12-8-7-11-17(18)20(2,19(22)13-14-21)15-16-9-5-4-6-10-16/h4-14,21H,3,15H2,1-2H3/b19-13-,21-14?. The van der Waals surface area contributed by atoms with Gasteiger partial charge >= 0.3 is 0 Å². The lowest BCUT2D eigenvalue weighted by atomic mass is 9.76. The number of hydrogen-bond donors (Lipinski definition) is 1. The number of rotatable bonds is 4. The third kappa shape index (κ3) is 2.25. The average molecular weight is 290 g/mol. The Morgan fingerprint density at radius 2 is 1.73 bits per heavy atom. The number of allylic oxidation sites excluding steroid dienone is 2. The topological polar surface area (TPSA) is 27.1 Å². The van der Waals surface area contributed by atoms with Crippen LogP contribution in [0, 0.1) is 5.41 Å². The monoisotopic (exact) mass is 290 g/mol. The van der Waals surface area contributed by atoms with Gasteiger partial charge in [0, 0.05) is 29.6 Å². The molecule has 0 spiro atoms. The van der Waals surface area contributed by atoms with Crippen LogP contribution in [0.2, 0.25) is 0 Å². The molecule has 1 heterocycles. The van der Waals surface area contributed by atoms with E-state index in [1.54, 1.807) is 0 Å². The van der Waals surface area contributed by atoms with Gasteiger partial charge in [-0.05, 0) is 43.5 Å². The molecule has 0 bridgehead atoms. The van der Waals surface area contributed by atoms with Crippen LogP contribution in [-0.2, 0) is 11.8 Å². The summed E-state index contributed by atoms with van der Waals surface area (Å²) >= 11 is 0. The van der Waals surface area contributed by atoms with E-state index in [0.29, 0.717) is 0 Å². The molecule has 112 valence electrons. The summed E-state index contributed by atoms with van der Waals surface area (Å²) in [4.78, 5) is 2.34. The van der Waals surface area contributed by atoms with Crippen LogP contribution in [-0.4, -0.2) is 12.8 Å². The molecule has 1 unspecified atom stereocenters. The molecule has 0 saturated carbocycles. The van der Waals surface area contributed by atoms with Crippen molar-refractivity contribution < 1.29 is 0 Å². The van der Waals surface area contributed by atoms with Crippen molar-refractivity contribution in [3.8, 4) is 0 Å². The predicted molar refractivity (Wildman–Crippen MR) is 93.8 cm³/mol. The van der Waals surface area contributed by atoms with Crippen molar-refractivity contribution in [2.75, 3.05) is 11.4 Å². The lowest BCUT2D eigenvalue weighted by Crippen LogP contribution is -2.30. The van der Waals surface area contributed by atoms with Gasteiger partial charge in [-0.25, -0.2) is 0 Å². The fourth-order valence-electron chi connectivity index (χ4n) is 3.62. The highest BCUT2D eigenvalue weighted by molar-refractivity contribution is 5.78. The molecule has 0 aliphatic carbocycles. The van der Waals surface area contributed by atoms with Crippen LogP contribution >= 0.6 is 0 Å². The van der Waals surface area contributed by atoms with E-state index in [0.717, 1.165) is 13.0 Å². The number of hydrogen-bond acceptors (Lipinski definition) is 2. The van der Waals surface area contributed by atoms with Gasteiger partial charge in [-0.3, -0.25) is 0 Å². The van der Waals surface area contributed by atoms with Gasteiger partial charge in [-0.15, -0.1) is 0 Å². The summed E-state index contributed by atoms with van der Waals surface area (Å²) in [7, 11) is 0. The van der Waals surface area contributed by atoms with E-state index in [4.69, 9.17) is 5.41 Å². The van der Waals surface area contributed by atoms with Crippen molar-refractivity contribution >= 4 is 11.9 Å². The highest BCUT2D eigenvalue weighted by atomic mass is 15.2. The van der Waals surface area contributed by atoms with Gasteiger partial charge in [-0.2, -0.15) is 0 Å². The largest absolute Gasteiger partial charge is 0.344 e. The molecule has 22 heavy (non-hydrogen) atoms. The molecule has 2 heteroatoms. The summed E-state index contributed by atoms with van der Waals surface area (Å²) in [5, 5.41) is 7.57. The van der Waals surface area contributed by atoms with Crippen LogP contribution < -0.4 is 4.90 Å². The first-order valence-corrected chi connectivity index (χ1v) is 7.83. The van der Waals surface area contributed by atoms with Gasteiger partial charge in [0.1, 0.15) is 0 Å². The first kappa shape index (κ1) is 14.6. The molecule has 0 radical (unpaired) electrons. The number of likely N-dealkylation sites (N-methyl/N-ethyl adjacent to an activating group) is 1. The van der Waals surface area contributed by atoms with Crippen LogP contribution in [0.3, 0.4) is 0 Å². The number of nitrogens with one attached hydrogen (secondary N) is 1. The first-order valence-electron chi connectivity index (χ1n) is 7.83. The third-order valence-electron chi connectivity index (χ3n) is 4.60. The second-order valence-electron chi connectivity index (χ2n) is 5.97. The maximum atomic E-state index is 7.57. The number of anilines is 1. The molecule has 0 amide bonds. The second kappa shape index (κ2) is 5.80.